The van der Waals surface area contributed by atoms with E-state index in [0.717, 1.165) is 39.4 Å². The molecule has 51 heavy (non-hydrogen) atoms. The molecule has 5 nitrogen and oxygen atoms in total. The lowest BCUT2D eigenvalue weighted by Gasteiger charge is -2.15. The number of rotatable bonds is 4. The molecular formula is C46H30N4O. The lowest BCUT2D eigenvalue weighted by atomic mass is 10.0. The Morgan fingerprint density at radius 1 is 0.451 bits per heavy atom. The van der Waals surface area contributed by atoms with Crippen molar-refractivity contribution >= 4 is 66.0 Å². The van der Waals surface area contributed by atoms with E-state index < -0.39 is 0 Å². The summed E-state index contributed by atoms with van der Waals surface area (Å²) >= 11 is 0. The molecular weight excluding hydrogens is 625 g/mol. The van der Waals surface area contributed by atoms with Gasteiger partial charge in [0.2, 0.25) is 0 Å². The molecule has 3 aromatic heterocycles. The molecule has 1 aliphatic heterocycles. The highest BCUT2D eigenvalue weighted by molar-refractivity contribution is 6.19. The lowest BCUT2D eigenvalue weighted by molar-refractivity contribution is 0.604. The zero-order valence-corrected chi connectivity index (χ0v) is 27.5. The van der Waals surface area contributed by atoms with Crippen molar-refractivity contribution in [3.63, 3.8) is 0 Å². The Balaban J connectivity index is 1.02. The third kappa shape index (κ3) is 4.18. The SMILES string of the molecule is c1ccc(-n2c3ccccc3c3cc(-c4ccc5c(c4)c4ccccc4n5-c4ccc(C5=NCNc6c5oc5ccccc65)cc4)ccc32)cc1. The Kier molecular flexibility index (Phi) is 5.95. The van der Waals surface area contributed by atoms with Crippen LogP contribution >= 0.6 is 0 Å². The number of aliphatic imine (C=N–C) groups is 1. The molecule has 0 amide bonds. The molecule has 0 fully saturated rings. The number of benzene rings is 7. The van der Waals surface area contributed by atoms with Gasteiger partial charge in [0.15, 0.2) is 5.76 Å². The van der Waals surface area contributed by atoms with Crippen LogP contribution in [0.25, 0.3) is 77.1 Å². The van der Waals surface area contributed by atoms with Crippen LogP contribution in [0, 0.1) is 0 Å². The van der Waals surface area contributed by atoms with Crippen molar-refractivity contribution in [3.8, 4) is 22.5 Å². The van der Waals surface area contributed by atoms with Crippen LogP contribution in [0.5, 0.6) is 0 Å². The molecule has 0 unspecified atom stereocenters. The summed E-state index contributed by atoms with van der Waals surface area (Å²) in [4.78, 5) is 4.82. The first-order valence-corrected chi connectivity index (χ1v) is 17.3. The Bertz CT molecular complexity index is 3010. The van der Waals surface area contributed by atoms with Crippen molar-refractivity contribution in [3.05, 3.63) is 175 Å². The maximum absolute atomic E-state index is 6.29. The number of anilines is 1. The molecule has 1 aliphatic rings. The largest absolute Gasteiger partial charge is 0.452 e. The van der Waals surface area contributed by atoms with Crippen LogP contribution in [0.2, 0.25) is 0 Å². The second kappa shape index (κ2) is 10.8. The first kappa shape index (κ1) is 28.0. The predicted molar refractivity (Wildman–Crippen MR) is 211 cm³/mol. The minimum absolute atomic E-state index is 0.519. The molecule has 0 aliphatic carbocycles. The lowest BCUT2D eigenvalue weighted by Crippen LogP contribution is -2.15. The summed E-state index contributed by atoms with van der Waals surface area (Å²) in [6, 6.07) is 58.6. The molecule has 0 saturated carbocycles. The van der Waals surface area contributed by atoms with Crippen molar-refractivity contribution in [2.45, 2.75) is 0 Å². The van der Waals surface area contributed by atoms with E-state index in [2.05, 4.69) is 160 Å². The zero-order valence-electron chi connectivity index (χ0n) is 27.5. The second-order valence-electron chi connectivity index (χ2n) is 13.2. The fourth-order valence-electron chi connectivity index (χ4n) is 8.09. The van der Waals surface area contributed by atoms with Crippen LogP contribution in [-0.4, -0.2) is 21.5 Å². The number of nitrogens with zero attached hydrogens (tertiary/aromatic N) is 3. The summed E-state index contributed by atoms with van der Waals surface area (Å²) in [6.07, 6.45) is 0. The fraction of sp³-hybridized carbons (Fsp3) is 0.0217. The summed E-state index contributed by atoms with van der Waals surface area (Å²) < 4.78 is 11.0. The number of hydrogen-bond donors (Lipinski definition) is 1. The maximum atomic E-state index is 6.29. The number of aromatic nitrogens is 2. The van der Waals surface area contributed by atoms with Gasteiger partial charge in [0.05, 0.1) is 27.8 Å². The Morgan fingerprint density at radius 2 is 0.961 bits per heavy atom. The van der Waals surface area contributed by atoms with Crippen LogP contribution in [0.15, 0.2) is 173 Å². The molecule has 10 aromatic rings. The molecule has 4 heterocycles. The standard InChI is InChI=1S/C46H30N4O/c1-2-10-32(11-3-1)49-39-15-7-4-12-34(39)37-26-30(20-24-41(37)49)31-21-25-42-38(27-31)35-13-5-8-16-40(35)50(42)33-22-18-29(19-23-33)44-46-45(48-28-47-44)36-14-6-9-17-43(36)51-46/h1-27,48H,28H2. The molecule has 240 valence electrons. The average molecular weight is 655 g/mol. The molecule has 11 rings (SSSR count). The van der Waals surface area contributed by atoms with Crippen molar-refractivity contribution in [2.75, 3.05) is 12.0 Å². The highest BCUT2D eigenvalue weighted by Gasteiger charge is 2.23. The Hall–Kier alpha value is -6.85. The van der Waals surface area contributed by atoms with E-state index in [1.807, 2.05) is 18.2 Å². The van der Waals surface area contributed by atoms with Gasteiger partial charge >= 0.3 is 0 Å². The second-order valence-corrected chi connectivity index (χ2v) is 13.2. The quantitative estimate of drug-likeness (QED) is 0.205. The monoisotopic (exact) mass is 654 g/mol. The van der Waals surface area contributed by atoms with E-state index in [9.17, 15) is 0 Å². The van der Waals surface area contributed by atoms with Gasteiger partial charge in [0, 0.05) is 43.9 Å². The molecule has 5 heteroatoms. The first-order valence-electron chi connectivity index (χ1n) is 17.3. The highest BCUT2D eigenvalue weighted by atomic mass is 16.3. The predicted octanol–water partition coefficient (Wildman–Crippen LogP) is 11.5. The van der Waals surface area contributed by atoms with Crippen molar-refractivity contribution in [1.29, 1.82) is 0 Å². The summed E-state index contributed by atoms with van der Waals surface area (Å²) in [5.41, 5.74) is 13.2. The molecule has 1 N–H and O–H groups in total. The fourth-order valence-corrected chi connectivity index (χ4v) is 8.09. The van der Waals surface area contributed by atoms with Gasteiger partial charge < -0.3 is 18.9 Å². The Labute approximate surface area is 293 Å². The number of hydrogen-bond acceptors (Lipinski definition) is 3. The van der Waals surface area contributed by atoms with E-state index in [-0.39, 0.29) is 0 Å². The summed E-state index contributed by atoms with van der Waals surface area (Å²) in [6.45, 7) is 0.519. The number of fused-ring (bicyclic) bond motifs is 9. The third-order valence-corrected chi connectivity index (χ3v) is 10.4. The minimum atomic E-state index is 0.519. The summed E-state index contributed by atoms with van der Waals surface area (Å²) in [7, 11) is 0. The van der Waals surface area contributed by atoms with Crippen LogP contribution in [-0.2, 0) is 0 Å². The van der Waals surface area contributed by atoms with E-state index in [0.29, 0.717) is 6.67 Å². The van der Waals surface area contributed by atoms with E-state index >= 15 is 0 Å². The van der Waals surface area contributed by atoms with E-state index in [1.165, 1.54) is 60.4 Å². The van der Waals surface area contributed by atoms with Gasteiger partial charge in [-0.15, -0.1) is 0 Å². The van der Waals surface area contributed by atoms with Gasteiger partial charge in [0.1, 0.15) is 18.0 Å². The van der Waals surface area contributed by atoms with Crippen molar-refractivity contribution in [1.82, 2.24) is 9.13 Å². The number of para-hydroxylation sites is 4. The summed E-state index contributed by atoms with van der Waals surface area (Å²) in [5, 5.41) is 9.47. The van der Waals surface area contributed by atoms with Crippen LogP contribution in [0.3, 0.4) is 0 Å². The van der Waals surface area contributed by atoms with Gasteiger partial charge in [-0.2, -0.15) is 0 Å². The van der Waals surface area contributed by atoms with Crippen molar-refractivity contribution in [2.24, 2.45) is 4.99 Å². The minimum Gasteiger partial charge on any atom is -0.452 e. The van der Waals surface area contributed by atoms with E-state index in [4.69, 9.17) is 9.41 Å². The number of furan rings is 1. The molecule has 0 spiro atoms. The van der Waals surface area contributed by atoms with Gasteiger partial charge in [-0.3, -0.25) is 4.99 Å². The molecule has 7 aromatic carbocycles. The Morgan fingerprint density at radius 3 is 1.61 bits per heavy atom. The summed E-state index contributed by atoms with van der Waals surface area (Å²) in [5.74, 6) is 0.794. The first-order chi connectivity index (χ1) is 25.3. The molecule has 0 bridgehead atoms. The average Bonchev–Trinajstić information content (AvgIpc) is 3.86. The van der Waals surface area contributed by atoms with Crippen LogP contribution in [0.4, 0.5) is 5.69 Å². The van der Waals surface area contributed by atoms with E-state index in [1.54, 1.807) is 0 Å². The van der Waals surface area contributed by atoms with Gasteiger partial charge in [-0.25, -0.2) is 0 Å². The van der Waals surface area contributed by atoms with Crippen molar-refractivity contribution < 1.29 is 4.42 Å². The molecule has 0 radical (unpaired) electrons. The number of nitrogens with one attached hydrogen (secondary N) is 1. The van der Waals surface area contributed by atoms with Gasteiger partial charge in [-0.1, -0.05) is 91.0 Å². The van der Waals surface area contributed by atoms with Gasteiger partial charge in [0.25, 0.3) is 0 Å². The van der Waals surface area contributed by atoms with Crippen LogP contribution in [0.1, 0.15) is 11.3 Å². The smallest absolute Gasteiger partial charge is 0.177 e. The molecule has 0 saturated heterocycles. The maximum Gasteiger partial charge on any atom is 0.177 e. The highest BCUT2D eigenvalue weighted by Crippen LogP contribution is 2.39. The topological polar surface area (TPSA) is 47.4 Å². The normalized spacial score (nSPS) is 12.9. The van der Waals surface area contributed by atoms with Gasteiger partial charge in [-0.05, 0) is 83.9 Å². The zero-order chi connectivity index (χ0) is 33.5. The van der Waals surface area contributed by atoms with Crippen LogP contribution < -0.4 is 5.32 Å². The third-order valence-electron chi connectivity index (χ3n) is 10.4. The molecule has 0 atom stereocenters.